The first-order valence-corrected chi connectivity index (χ1v) is 11.8. The normalized spacial score (nSPS) is 43.3. The van der Waals surface area contributed by atoms with Gasteiger partial charge in [-0.05, 0) is 30.0 Å². The summed E-state index contributed by atoms with van der Waals surface area (Å²) in [6.45, 7) is 5.21. The molecule has 0 aromatic heterocycles. The lowest BCUT2D eigenvalue weighted by molar-refractivity contribution is -0.936. The van der Waals surface area contributed by atoms with E-state index in [1.807, 2.05) is 6.92 Å². The summed E-state index contributed by atoms with van der Waals surface area (Å²) in [6, 6.07) is 9.06. The summed E-state index contributed by atoms with van der Waals surface area (Å²) in [5, 5.41) is 0. The van der Waals surface area contributed by atoms with Crippen molar-refractivity contribution in [3.8, 4) is 0 Å². The fourth-order valence-electron chi connectivity index (χ4n) is 8.66. The number of carbonyl (C=O) groups excluding carboxylic acids is 2. The van der Waals surface area contributed by atoms with Gasteiger partial charge in [-0.15, -0.1) is 0 Å². The van der Waals surface area contributed by atoms with Gasteiger partial charge in [-0.2, -0.15) is 0 Å². The van der Waals surface area contributed by atoms with Gasteiger partial charge in [0.25, 0.3) is 0 Å². The van der Waals surface area contributed by atoms with Gasteiger partial charge in [0.1, 0.15) is 12.6 Å². The Kier molecular flexibility index (Phi) is 3.55. The van der Waals surface area contributed by atoms with Crippen molar-refractivity contribution in [3.63, 3.8) is 0 Å². The molecule has 0 N–H and O–H groups in total. The molecule has 1 amide bonds. The highest BCUT2D eigenvalue weighted by Crippen LogP contribution is 2.67. The highest BCUT2D eigenvalue weighted by Gasteiger charge is 2.76. The number of nitrogens with zero attached hydrogens (tertiary/aromatic N) is 2. The number of esters is 1. The number of anilines is 1. The van der Waals surface area contributed by atoms with E-state index >= 15 is 0 Å². The Morgan fingerprint density at radius 1 is 1.35 bits per heavy atom. The van der Waals surface area contributed by atoms with Gasteiger partial charge in [-0.1, -0.05) is 24.3 Å². The van der Waals surface area contributed by atoms with Gasteiger partial charge < -0.3 is 18.9 Å². The molecular formula is C25H29N2O4+. The van der Waals surface area contributed by atoms with Gasteiger partial charge in [-0.3, -0.25) is 4.79 Å². The Balaban J connectivity index is 1.46. The summed E-state index contributed by atoms with van der Waals surface area (Å²) in [5.41, 5.74) is 3.80. The number of benzene rings is 1. The van der Waals surface area contributed by atoms with Crippen molar-refractivity contribution in [2.45, 2.75) is 49.8 Å². The van der Waals surface area contributed by atoms with Crippen LogP contribution < -0.4 is 4.90 Å². The number of carbonyl (C=O) groups is 2. The first-order chi connectivity index (χ1) is 15.1. The lowest BCUT2D eigenvalue weighted by Crippen LogP contribution is -2.73. The number of piperidine rings is 2. The van der Waals surface area contributed by atoms with Crippen molar-refractivity contribution in [3.05, 3.63) is 41.5 Å². The number of ether oxygens (including phenoxy) is 2. The average Bonchev–Trinajstić information content (AvgIpc) is 3.18. The third-order valence-corrected chi connectivity index (χ3v) is 9.46. The van der Waals surface area contributed by atoms with Crippen LogP contribution in [0.15, 0.2) is 35.9 Å². The van der Waals surface area contributed by atoms with E-state index < -0.39 is 0 Å². The zero-order chi connectivity index (χ0) is 21.0. The molecule has 1 aromatic rings. The first kappa shape index (κ1) is 18.4. The predicted molar refractivity (Wildman–Crippen MR) is 113 cm³/mol. The summed E-state index contributed by atoms with van der Waals surface area (Å²) < 4.78 is 12.5. The van der Waals surface area contributed by atoms with Crippen molar-refractivity contribution in [1.82, 2.24) is 0 Å². The molecule has 5 aliphatic heterocycles. The Morgan fingerprint density at radius 3 is 3.10 bits per heavy atom. The highest BCUT2D eigenvalue weighted by atomic mass is 16.5. The molecule has 1 aliphatic carbocycles. The summed E-state index contributed by atoms with van der Waals surface area (Å²) >= 11 is 0. The van der Waals surface area contributed by atoms with Crippen molar-refractivity contribution >= 4 is 17.6 Å². The van der Waals surface area contributed by atoms with Crippen molar-refractivity contribution in [2.75, 3.05) is 37.7 Å². The smallest absolute Gasteiger partial charge is 0.361 e. The molecule has 3 saturated heterocycles. The van der Waals surface area contributed by atoms with E-state index in [0.29, 0.717) is 44.1 Å². The van der Waals surface area contributed by atoms with Crippen LogP contribution in [0.2, 0.25) is 0 Å². The Labute approximate surface area is 182 Å². The molecule has 162 valence electrons. The summed E-state index contributed by atoms with van der Waals surface area (Å²) in [5.74, 6) is 0.908. The van der Waals surface area contributed by atoms with Gasteiger partial charge in [0.15, 0.2) is 6.54 Å². The second-order valence-corrected chi connectivity index (χ2v) is 10.4. The molecular weight excluding hydrogens is 392 g/mol. The number of fused-ring (bicyclic) bond motifs is 2. The number of hydrogen-bond acceptors (Lipinski definition) is 4. The van der Waals surface area contributed by atoms with Crippen molar-refractivity contribution in [2.24, 2.45) is 11.8 Å². The van der Waals surface area contributed by atoms with Crippen LogP contribution in [0.1, 0.15) is 31.7 Å². The summed E-state index contributed by atoms with van der Waals surface area (Å²) in [4.78, 5) is 28.4. The molecule has 0 radical (unpaired) electrons. The fraction of sp³-hybridized carbons (Fsp3) is 0.600. The Morgan fingerprint density at radius 2 is 2.23 bits per heavy atom. The minimum absolute atomic E-state index is 0.00490. The standard InChI is InChI=1S/C25H29N2O4/c1-2-30-22(29)14-27-9-8-25-17-5-3-4-6-18(17)26-21(28)12-19-23(24(25)26)16(11-20(25)27)15(13-27)7-10-31-19/h3-7,16,19-20,23-24H,2,8-14H2,1H3/q+1/t16-,19-,20-,23-,24-,25+,27?/m0/s1. The second-order valence-electron chi connectivity index (χ2n) is 10.4. The van der Waals surface area contributed by atoms with Crippen molar-refractivity contribution < 1.29 is 23.5 Å². The zero-order valence-corrected chi connectivity index (χ0v) is 18.0. The van der Waals surface area contributed by atoms with E-state index in [0.717, 1.165) is 36.1 Å². The topological polar surface area (TPSA) is 55.8 Å². The lowest BCUT2D eigenvalue weighted by atomic mass is 9.53. The molecule has 2 bridgehead atoms. The van der Waals surface area contributed by atoms with Crippen LogP contribution in [0.3, 0.4) is 0 Å². The van der Waals surface area contributed by atoms with E-state index in [9.17, 15) is 9.59 Å². The maximum atomic E-state index is 13.5. The zero-order valence-electron chi connectivity index (χ0n) is 18.0. The van der Waals surface area contributed by atoms with E-state index in [2.05, 4.69) is 35.2 Å². The van der Waals surface area contributed by atoms with Crippen LogP contribution in [0, 0.1) is 11.8 Å². The fourth-order valence-corrected chi connectivity index (χ4v) is 8.66. The minimum atomic E-state index is -0.0914. The van der Waals surface area contributed by atoms with Crippen molar-refractivity contribution in [1.29, 1.82) is 0 Å². The number of hydrogen-bond donors (Lipinski definition) is 0. The Hall–Kier alpha value is -2.18. The monoisotopic (exact) mass is 421 g/mol. The molecule has 6 nitrogen and oxygen atoms in total. The average molecular weight is 422 g/mol. The molecule has 1 spiro atoms. The van der Waals surface area contributed by atoms with Gasteiger partial charge in [-0.25, -0.2) is 4.79 Å². The number of quaternary nitrogens is 1. The molecule has 1 aromatic carbocycles. The highest BCUT2D eigenvalue weighted by molar-refractivity contribution is 5.99. The SMILES string of the molecule is CCOC(=O)C[N+]12CC[C@@]34c5ccccc5N5C(=O)C[C@@H]6OCC=C(C1)[C@H](C[C@@H]32)[C@@H]6[C@H]54. The number of para-hydroxylation sites is 1. The maximum absolute atomic E-state index is 13.5. The lowest BCUT2D eigenvalue weighted by Gasteiger charge is -2.60. The van der Waals surface area contributed by atoms with E-state index in [-0.39, 0.29) is 29.4 Å². The van der Waals surface area contributed by atoms with E-state index in [1.165, 1.54) is 11.1 Å². The third-order valence-electron chi connectivity index (χ3n) is 9.46. The largest absolute Gasteiger partial charge is 0.462 e. The molecule has 7 rings (SSSR count). The predicted octanol–water partition coefficient (Wildman–Crippen LogP) is 2.17. The first-order valence-electron chi connectivity index (χ1n) is 11.8. The van der Waals surface area contributed by atoms with Gasteiger partial charge in [0.2, 0.25) is 5.91 Å². The molecule has 7 atom stereocenters. The van der Waals surface area contributed by atoms with Gasteiger partial charge in [0, 0.05) is 24.4 Å². The minimum Gasteiger partial charge on any atom is -0.462 e. The molecule has 6 aliphatic rings. The number of rotatable bonds is 3. The molecule has 1 unspecified atom stereocenters. The molecule has 31 heavy (non-hydrogen) atoms. The van der Waals surface area contributed by atoms with Crippen LogP contribution in [-0.2, 0) is 24.5 Å². The van der Waals surface area contributed by atoms with Crippen LogP contribution in [0.4, 0.5) is 5.69 Å². The van der Waals surface area contributed by atoms with Gasteiger partial charge in [0.05, 0.1) is 43.7 Å². The maximum Gasteiger partial charge on any atom is 0.361 e. The summed E-state index contributed by atoms with van der Waals surface area (Å²) in [7, 11) is 0. The molecule has 1 saturated carbocycles. The molecule has 4 fully saturated rings. The second kappa shape index (κ2) is 5.99. The molecule has 6 heteroatoms. The molecule has 5 heterocycles. The number of amides is 1. The van der Waals surface area contributed by atoms with Crippen LogP contribution in [-0.4, -0.2) is 67.4 Å². The van der Waals surface area contributed by atoms with E-state index in [4.69, 9.17) is 9.47 Å². The van der Waals surface area contributed by atoms with Crippen LogP contribution in [0.25, 0.3) is 0 Å². The van der Waals surface area contributed by atoms with E-state index in [1.54, 1.807) is 0 Å². The van der Waals surface area contributed by atoms with Gasteiger partial charge >= 0.3 is 5.97 Å². The van der Waals surface area contributed by atoms with Crippen LogP contribution >= 0.6 is 0 Å². The summed E-state index contributed by atoms with van der Waals surface area (Å²) in [6.07, 6.45) is 4.86. The third kappa shape index (κ3) is 2.06. The quantitative estimate of drug-likeness (QED) is 0.427. The van der Waals surface area contributed by atoms with Crippen LogP contribution in [0.5, 0.6) is 0 Å². The Bertz CT molecular complexity index is 1040.